The first-order valence-corrected chi connectivity index (χ1v) is 10.0. The maximum Gasteiger partial charge on any atom is 0.230 e. The van der Waals surface area contributed by atoms with E-state index in [1.807, 2.05) is 31.3 Å². The number of para-hydroxylation sites is 1. The van der Waals surface area contributed by atoms with E-state index in [1.54, 1.807) is 28.5 Å². The fraction of sp³-hybridized carbons (Fsp3) is 0.421. The zero-order valence-electron chi connectivity index (χ0n) is 15.4. The Kier molecular flexibility index (Phi) is 4.82. The van der Waals surface area contributed by atoms with Gasteiger partial charge in [0.25, 0.3) is 0 Å². The van der Waals surface area contributed by atoms with Gasteiger partial charge in [0.15, 0.2) is 0 Å². The molecule has 7 nitrogen and oxygen atoms in total. The highest BCUT2D eigenvalue weighted by Crippen LogP contribution is 2.34. The molecule has 1 fully saturated rings. The Morgan fingerprint density at radius 3 is 3.00 bits per heavy atom. The Hall–Kier alpha value is -2.48. The molecule has 1 aromatic heterocycles. The number of likely N-dealkylation sites (tertiary alicyclic amines) is 1. The molecule has 2 aliphatic heterocycles. The third-order valence-electron chi connectivity index (χ3n) is 5.09. The van der Waals surface area contributed by atoms with Crippen LogP contribution in [0, 0.1) is 5.92 Å². The van der Waals surface area contributed by atoms with Gasteiger partial charge in [-0.05, 0) is 6.07 Å². The number of hydrogen-bond acceptors (Lipinski definition) is 5. The summed E-state index contributed by atoms with van der Waals surface area (Å²) in [5.41, 5.74) is 3.08. The molecule has 4 rings (SSSR count). The summed E-state index contributed by atoms with van der Waals surface area (Å²) in [6, 6.07) is 7.63. The smallest absolute Gasteiger partial charge is 0.230 e. The van der Waals surface area contributed by atoms with Crippen LogP contribution < -0.4 is 10.1 Å². The predicted molar refractivity (Wildman–Crippen MR) is 103 cm³/mol. The Bertz CT molecular complexity index is 895. The number of thioether (sulfide) groups is 1. The number of aromatic nitrogens is 2. The number of anilines is 1. The molecule has 1 atom stereocenters. The molecular formula is C19H22N4O3S. The van der Waals surface area contributed by atoms with Gasteiger partial charge < -0.3 is 15.0 Å². The fourth-order valence-electron chi connectivity index (χ4n) is 3.66. The molecule has 3 heterocycles. The van der Waals surface area contributed by atoms with Crippen molar-refractivity contribution >= 4 is 29.4 Å². The summed E-state index contributed by atoms with van der Waals surface area (Å²) in [4.78, 5) is 26.9. The molecule has 8 heteroatoms. The van der Waals surface area contributed by atoms with Crippen LogP contribution in [0.25, 0.3) is 0 Å². The number of carbonyl (C=O) groups excluding carboxylic acids is 2. The van der Waals surface area contributed by atoms with Crippen molar-refractivity contribution in [2.45, 2.75) is 24.5 Å². The molecule has 1 N–H and O–H groups in total. The van der Waals surface area contributed by atoms with Crippen molar-refractivity contribution in [1.29, 1.82) is 0 Å². The average Bonchev–Trinajstić information content (AvgIpc) is 3.33. The molecule has 1 unspecified atom stereocenters. The van der Waals surface area contributed by atoms with E-state index in [2.05, 4.69) is 10.4 Å². The number of benzene rings is 1. The summed E-state index contributed by atoms with van der Waals surface area (Å²) < 4.78 is 7.09. The first kappa shape index (κ1) is 17.9. The molecule has 2 amide bonds. The maximum atomic E-state index is 12.8. The second kappa shape index (κ2) is 7.26. The van der Waals surface area contributed by atoms with Crippen LogP contribution >= 0.6 is 11.8 Å². The molecular weight excluding hydrogens is 364 g/mol. The lowest BCUT2D eigenvalue weighted by molar-refractivity contribution is -0.128. The number of carbonyl (C=O) groups is 2. The highest BCUT2D eigenvalue weighted by molar-refractivity contribution is 7.98. The van der Waals surface area contributed by atoms with E-state index >= 15 is 0 Å². The topological polar surface area (TPSA) is 76.5 Å². The minimum Gasteiger partial charge on any atom is -0.496 e. The van der Waals surface area contributed by atoms with Crippen molar-refractivity contribution in [2.24, 2.45) is 13.0 Å². The Labute approximate surface area is 162 Å². The normalized spacial score (nSPS) is 18.7. The molecule has 0 spiro atoms. The van der Waals surface area contributed by atoms with Gasteiger partial charge in [-0.3, -0.25) is 14.3 Å². The summed E-state index contributed by atoms with van der Waals surface area (Å²) >= 11 is 1.80. The van der Waals surface area contributed by atoms with Crippen LogP contribution in [0.15, 0.2) is 24.3 Å². The quantitative estimate of drug-likeness (QED) is 0.852. The molecule has 0 saturated carbocycles. The van der Waals surface area contributed by atoms with Crippen molar-refractivity contribution in [3.8, 4) is 5.75 Å². The van der Waals surface area contributed by atoms with E-state index in [0.717, 1.165) is 39.9 Å². The Balaban J connectivity index is 1.44. The van der Waals surface area contributed by atoms with Gasteiger partial charge >= 0.3 is 0 Å². The number of amides is 2. The van der Waals surface area contributed by atoms with Crippen molar-refractivity contribution in [3.63, 3.8) is 0 Å². The first-order chi connectivity index (χ1) is 13.1. The number of fused-ring (bicyclic) bond motifs is 1. The van der Waals surface area contributed by atoms with Crippen LogP contribution in [-0.2, 0) is 34.7 Å². The van der Waals surface area contributed by atoms with E-state index < -0.39 is 0 Å². The predicted octanol–water partition coefficient (Wildman–Crippen LogP) is 2.16. The minimum absolute atomic E-state index is 0.00755. The van der Waals surface area contributed by atoms with Crippen LogP contribution in [-0.4, -0.2) is 40.1 Å². The van der Waals surface area contributed by atoms with Crippen molar-refractivity contribution in [2.75, 3.05) is 19.0 Å². The van der Waals surface area contributed by atoms with E-state index in [0.29, 0.717) is 13.1 Å². The number of rotatable bonds is 5. The molecule has 2 aromatic rings. The average molecular weight is 386 g/mol. The number of aryl methyl sites for hydroxylation is 1. The van der Waals surface area contributed by atoms with Crippen molar-refractivity contribution < 1.29 is 14.3 Å². The lowest BCUT2D eigenvalue weighted by Crippen LogP contribution is -2.28. The minimum atomic E-state index is -0.355. The molecule has 0 bridgehead atoms. The molecule has 0 aliphatic carbocycles. The summed E-state index contributed by atoms with van der Waals surface area (Å²) in [5, 5.41) is 7.47. The van der Waals surface area contributed by atoms with Gasteiger partial charge in [-0.25, -0.2) is 0 Å². The molecule has 1 aromatic carbocycles. The number of hydrogen-bond donors (Lipinski definition) is 1. The third kappa shape index (κ3) is 3.41. The van der Waals surface area contributed by atoms with E-state index in [1.165, 1.54) is 0 Å². The van der Waals surface area contributed by atoms with Crippen LogP contribution in [0.4, 0.5) is 5.82 Å². The van der Waals surface area contributed by atoms with Crippen LogP contribution in [0.2, 0.25) is 0 Å². The molecule has 27 heavy (non-hydrogen) atoms. The number of ether oxygens (including phenoxy) is 1. The van der Waals surface area contributed by atoms with Crippen molar-refractivity contribution in [1.82, 2.24) is 14.7 Å². The van der Waals surface area contributed by atoms with Gasteiger partial charge in [0.05, 0.1) is 18.7 Å². The van der Waals surface area contributed by atoms with Crippen LogP contribution in [0.3, 0.4) is 0 Å². The number of methoxy groups -OCH3 is 1. The third-order valence-corrected chi connectivity index (χ3v) is 6.06. The highest BCUT2D eigenvalue weighted by Gasteiger charge is 2.35. The van der Waals surface area contributed by atoms with Gasteiger partial charge in [0.1, 0.15) is 11.6 Å². The highest BCUT2D eigenvalue weighted by atomic mass is 32.2. The first-order valence-electron chi connectivity index (χ1n) is 8.90. The molecule has 142 valence electrons. The van der Waals surface area contributed by atoms with Gasteiger partial charge in [0.2, 0.25) is 11.8 Å². The molecule has 1 saturated heterocycles. The van der Waals surface area contributed by atoms with E-state index in [4.69, 9.17) is 4.74 Å². The molecule has 0 radical (unpaired) electrons. The zero-order chi connectivity index (χ0) is 19.0. The van der Waals surface area contributed by atoms with E-state index in [9.17, 15) is 9.59 Å². The number of nitrogens with one attached hydrogen (secondary N) is 1. The van der Waals surface area contributed by atoms with Crippen molar-refractivity contribution in [3.05, 3.63) is 41.1 Å². The second-order valence-corrected chi connectivity index (χ2v) is 7.85. The summed E-state index contributed by atoms with van der Waals surface area (Å²) in [5.74, 6) is 2.78. The Morgan fingerprint density at radius 2 is 2.19 bits per heavy atom. The second-order valence-electron chi connectivity index (χ2n) is 6.87. The Morgan fingerprint density at radius 1 is 1.37 bits per heavy atom. The molecule has 2 aliphatic rings. The number of nitrogens with zero attached hydrogens (tertiary/aromatic N) is 3. The summed E-state index contributed by atoms with van der Waals surface area (Å²) in [6.07, 6.45) is 0.232. The lowest BCUT2D eigenvalue weighted by atomic mass is 10.1. The van der Waals surface area contributed by atoms with Crippen LogP contribution in [0.5, 0.6) is 5.75 Å². The van der Waals surface area contributed by atoms with Crippen LogP contribution in [0.1, 0.15) is 23.2 Å². The van der Waals surface area contributed by atoms with Gasteiger partial charge in [0, 0.05) is 49.2 Å². The maximum absolute atomic E-state index is 12.8. The lowest BCUT2D eigenvalue weighted by Gasteiger charge is -2.18. The van der Waals surface area contributed by atoms with Gasteiger partial charge in [-0.2, -0.15) is 16.9 Å². The van der Waals surface area contributed by atoms with E-state index in [-0.39, 0.29) is 24.2 Å². The fourth-order valence-corrected chi connectivity index (χ4v) is 4.69. The van der Waals surface area contributed by atoms with Gasteiger partial charge in [-0.15, -0.1) is 0 Å². The summed E-state index contributed by atoms with van der Waals surface area (Å²) in [6.45, 7) is 0.863. The van der Waals surface area contributed by atoms with Gasteiger partial charge in [-0.1, -0.05) is 18.2 Å². The SMILES string of the molecule is COc1ccccc1CN1CC(C(=O)Nc2c3c(nn2C)CSC3)CC1=O. The monoisotopic (exact) mass is 386 g/mol. The standard InChI is InChI=1S/C19H22N4O3S/c1-22-18(14-10-27-11-15(14)21-22)20-19(25)13-7-17(24)23(9-13)8-12-5-3-4-6-16(12)26-2/h3-6,13H,7-11H2,1-2H3,(H,20,25). The summed E-state index contributed by atoms with van der Waals surface area (Å²) in [7, 11) is 3.46. The zero-order valence-corrected chi connectivity index (χ0v) is 16.2. The largest absolute Gasteiger partial charge is 0.496 e.